The first-order chi connectivity index (χ1) is 8.61. The molecule has 100 valence electrons. The zero-order chi connectivity index (χ0) is 13.0. The number of halogens is 1. The van der Waals surface area contributed by atoms with Crippen molar-refractivity contribution in [1.29, 1.82) is 0 Å². The van der Waals surface area contributed by atoms with Crippen molar-refractivity contribution < 1.29 is 5.11 Å². The largest absolute Gasteiger partial charge is 0.389 e. The highest BCUT2D eigenvalue weighted by Crippen LogP contribution is 2.33. The number of aromatic nitrogens is 1. The van der Waals surface area contributed by atoms with Crippen LogP contribution in [0.25, 0.3) is 0 Å². The summed E-state index contributed by atoms with van der Waals surface area (Å²) in [5.74, 6) is 0.803. The molecule has 0 spiro atoms. The van der Waals surface area contributed by atoms with Gasteiger partial charge in [-0.15, -0.1) is 0 Å². The van der Waals surface area contributed by atoms with E-state index in [1.807, 2.05) is 18.3 Å². The van der Waals surface area contributed by atoms with Crippen molar-refractivity contribution in [2.45, 2.75) is 57.5 Å². The van der Waals surface area contributed by atoms with Crippen LogP contribution in [-0.2, 0) is 6.42 Å². The molecule has 0 aliphatic heterocycles. The Kier molecular flexibility index (Phi) is 4.79. The Morgan fingerprint density at radius 1 is 1.39 bits per heavy atom. The molecule has 1 aromatic heterocycles. The summed E-state index contributed by atoms with van der Waals surface area (Å²) >= 11 is 3.39. The molecule has 2 nitrogen and oxygen atoms in total. The molecule has 0 saturated heterocycles. The van der Waals surface area contributed by atoms with Crippen molar-refractivity contribution in [3.8, 4) is 0 Å². The van der Waals surface area contributed by atoms with Crippen LogP contribution in [0.4, 0.5) is 0 Å². The number of aliphatic hydroxyl groups is 1. The van der Waals surface area contributed by atoms with Crippen molar-refractivity contribution >= 4 is 15.9 Å². The number of hydrogen-bond acceptors (Lipinski definition) is 2. The summed E-state index contributed by atoms with van der Waals surface area (Å²) in [6.45, 7) is 2.26. The number of rotatable bonds is 3. The Hall–Kier alpha value is -0.410. The average molecular weight is 312 g/mol. The maximum absolute atomic E-state index is 10.7. The molecule has 1 fully saturated rings. The van der Waals surface area contributed by atoms with Crippen molar-refractivity contribution in [3.63, 3.8) is 0 Å². The van der Waals surface area contributed by atoms with Crippen LogP contribution >= 0.6 is 15.9 Å². The van der Waals surface area contributed by atoms with Crippen LogP contribution < -0.4 is 0 Å². The van der Waals surface area contributed by atoms with Gasteiger partial charge in [0.15, 0.2) is 0 Å². The lowest BCUT2D eigenvalue weighted by Gasteiger charge is -2.26. The van der Waals surface area contributed by atoms with Crippen LogP contribution in [0.5, 0.6) is 0 Å². The van der Waals surface area contributed by atoms with Crippen LogP contribution in [0, 0.1) is 5.92 Å². The Bertz CT molecular complexity index is 379. The molecule has 1 N–H and O–H groups in total. The third kappa shape index (κ3) is 3.79. The molecule has 1 heterocycles. The van der Waals surface area contributed by atoms with Crippen LogP contribution in [0.3, 0.4) is 0 Å². The Morgan fingerprint density at radius 2 is 2.22 bits per heavy atom. The SMILES string of the molecule is CCC1CCCC(O)(Cc2ccc(Br)cn2)CC1. The zero-order valence-corrected chi connectivity index (χ0v) is 12.6. The van der Waals surface area contributed by atoms with Gasteiger partial charge in [0.25, 0.3) is 0 Å². The van der Waals surface area contributed by atoms with Gasteiger partial charge in [0.1, 0.15) is 0 Å². The van der Waals surface area contributed by atoms with Crippen LogP contribution in [0.15, 0.2) is 22.8 Å². The Labute approximate surface area is 118 Å². The van der Waals surface area contributed by atoms with Gasteiger partial charge in [0.2, 0.25) is 0 Å². The minimum atomic E-state index is -0.537. The summed E-state index contributed by atoms with van der Waals surface area (Å²) in [4.78, 5) is 4.38. The van der Waals surface area contributed by atoms with E-state index in [-0.39, 0.29) is 0 Å². The molecular formula is C15H22BrNO. The lowest BCUT2D eigenvalue weighted by Crippen LogP contribution is -2.31. The normalized spacial score (nSPS) is 28.9. The predicted molar refractivity (Wildman–Crippen MR) is 77.5 cm³/mol. The minimum absolute atomic E-state index is 0.537. The highest BCUT2D eigenvalue weighted by Gasteiger charge is 2.30. The standard InChI is InChI=1S/C15H22BrNO/c1-2-12-4-3-8-15(18,9-7-12)10-14-6-5-13(16)11-17-14/h5-6,11-12,18H,2-4,7-10H2,1H3. The van der Waals surface area contributed by atoms with E-state index in [2.05, 4.69) is 27.8 Å². The van der Waals surface area contributed by atoms with E-state index in [9.17, 15) is 5.11 Å². The highest BCUT2D eigenvalue weighted by atomic mass is 79.9. The van der Waals surface area contributed by atoms with Crippen molar-refractivity contribution in [1.82, 2.24) is 4.98 Å². The summed E-state index contributed by atoms with van der Waals surface area (Å²) < 4.78 is 0.991. The van der Waals surface area contributed by atoms with E-state index in [1.54, 1.807) is 0 Å². The first-order valence-corrected chi connectivity index (χ1v) is 7.73. The molecule has 0 aromatic carbocycles. The van der Waals surface area contributed by atoms with Crippen molar-refractivity contribution in [2.75, 3.05) is 0 Å². The number of hydrogen-bond donors (Lipinski definition) is 1. The maximum Gasteiger partial charge on any atom is 0.0703 e. The molecule has 1 aliphatic rings. The molecule has 0 bridgehead atoms. The molecule has 1 aromatic rings. The van der Waals surface area contributed by atoms with Crippen LogP contribution in [0.1, 0.15) is 51.1 Å². The third-order valence-electron chi connectivity index (χ3n) is 4.15. The van der Waals surface area contributed by atoms with E-state index < -0.39 is 5.60 Å². The minimum Gasteiger partial charge on any atom is -0.389 e. The molecule has 2 rings (SSSR count). The van der Waals surface area contributed by atoms with Gasteiger partial charge >= 0.3 is 0 Å². The fraction of sp³-hybridized carbons (Fsp3) is 0.667. The summed E-state index contributed by atoms with van der Waals surface area (Å²) in [6, 6.07) is 4.00. The summed E-state index contributed by atoms with van der Waals surface area (Å²) in [7, 11) is 0. The van der Waals surface area contributed by atoms with E-state index in [0.717, 1.165) is 41.8 Å². The second-order valence-electron chi connectivity index (χ2n) is 5.57. The molecule has 1 aliphatic carbocycles. The Balaban J connectivity index is 2.00. The van der Waals surface area contributed by atoms with Gasteiger partial charge in [-0.05, 0) is 53.2 Å². The lowest BCUT2D eigenvalue weighted by molar-refractivity contribution is 0.0233. The zero-order valence-electron chi connectivity index (χ0n) is 11.0. The fourth-order valence-electron chi connectivity index (χ4n) is 2.90. The number of nitrogens with zero attached hydrogens (tertiary/aromatic N) is 1. The molecule has 3 heteroatoms. The predicted octanol–water partition coefficient (Wildman–Crippen LogP) is 4.11. The molecular weight excluding hydrogens is 290 g/mol. The third-order valence-corrected chi connectivity index (χ3v) is 4.62. The smallest absolute Gasteiger partial charge is 0.0703 e. The van der Waals surface area contributed by atoms with Gasteiger partial charge < -0.3 is 5.11 Å². The molecule has 0 amide bonds. The number of pyridine rings is 1. The molecule has 2 unspecified atom stereocenters. The maximum atomic E-state index is 10.7. The first-order valence-electron chi connectivity index (χ1n) is 6.94. The summed E-state index contributed by atoms with van der Waals surface area (Å²) in [6.07, 6.45) is 9.15. The monoisotopic (exact) mass is 311 g/mol. The lowest BCUT2D eigenvalue weighted by atomic mass is 9.88. The van der Waals surface area contributed by atoms with Gasteiger partial charge in [-0.2, -0.15) is 0 Å². The van der Waals surface area contributed by atoms with Crippen molar-refractivity contribution in [3.05, 3.63) is 28.5 Å². The van der Waals surface area contributed by atoms with Gasteiger partial charge in [0, 0.05) is 22.8 Å². The topological polar surface area (TPSA) is 33.1 Å². The van der Waals surface area contributed by atoms with Crippen molar-refractivity contribution in [2.24, 2.45) is 5.92 Å². The van der Waals surface area contributed by atoms with E-state index >= 15 is 0 Å². The average Bonchev–Trinajstić information content (AvgIpc) is 2.54. The first kappa shape index (κ1) is 14.0. The van der Waals surface area contributed by atoms with Gasteiger partial charge in [0.05, 0.1) is 5.60 Å². The molecule has 18 heavy (non-hydrogen) atoms. The van der Waals surface area contributed by atoms with E-state index in [1.165, 1.54) is 12.8 Å². The molecule has 0 radical (unpaired) electrons. The summed E-state index contributed by atoms with van der Waals surface area (Å²) in [5.41, 5.74) is 0.459. The van der Waals surface area contributed by atoms with E-state index in [0.29, 0.717) is 6.42 Å². The second kappa shape index (κ2) is 6.16. The fourth-order valence-corrected chi connectivity index (χ4v) is 3.13. The Morgan fingerprint density at radius 3 is 2.89 bits per heavy atom. The van der Waals surface area contributed by atoms with Gasteiger partial charge in [-0.3, -0.25) is 4.98 Å². The van der Waals surface area contributed by atoms with Crippen LogP contribution in [0.2, 0.25) is 0 Å². The van der Waals surface area contributed by atoms with Gasteiger partial charge in [-0.25, -0.2) is 0 Å². The highest BCUT2D eigenvalue weighted by molar-refractivity contribution is 9.10. The second-order valence-corrected chi connectivity index (χ2v) is 6.49. The molecule has 2 atom stereocenters. The van der Waals surface area contributed by atoms with Crippen LogP contribution in [-0.4, -0.2) is 15.7 Å². The van der Waals surface area contributed by atoms with Gasteiger partial charge in [-0.1, -0.05) is 26.2 Å². The van der Waals surface area contributed by atoms with E-state index in [4.69, 9.17) is 0 Å². The quantitative estimate of drug-likeness (QED) is 0.852. The summed E-state index contributed by atoms with van der Waals surface area (Å²) in [5, 5.41) is 10.7. The molecule has 1 saturated carbocycles.